The van der Waals surface area contributed by atoms with Crippen molar-refractivity contribution in [1.29, 1.82) is 0 Å². The number of nitrogens with two attached hydrogens (primary N) is 1. The fraction of sp³-hybridized carbons (Fsp3) is 0.435. The molecule has 0 unspecified atom stereocenters. The number of nitrogens with zero attached hydrogens (tertiary/aromatic N) is 5. The van der Waals surface area contributed by atoms with Crippen molar-refractivity contribution in [3.05, 3.63) is 46.9 Å². The van der Waals surface area contributed by atoms with Crippen LogP contribution in [0.25, 0.3) is 10.9 Å². The maximum absolute atomic E-state index is 13.1. The van der Waals surface area contributed by atoms with Gasteiger partial charge in [-0.1, -0.05) is 0 Å². The van der Waals surface area contributed by atoms with Crippen LogP contribution < -0.4 is 16.0 Å². The zero-order valence-corrected chi connectivity index (χ0v) is 19.2. The molecule has 2 aliphatic rings. The predicted molar refractivity (Wildman–Crippen MR) is 127 cm³/mol. The van der Waals surface area contributed by atoms with E-state index in [0.29, 0.717) is 29.9 Å². The molecule has 0 atom stereocenters. The third-order valence-corrected chi connectivity index (χ3v) is 6.46. The summed E-state index contributed by atoms with van der Waals surface area (Å²) in [4.78, 5) is 18.0. The van der Waals surface area contributed by atoms with Crippen molar-refractivity contribution < 1.29 is 13.2 Å². The molecule has 11 heteroatoms. The van der Waals surface area contributed by atoms with Crippen LogP contribution in [-0.2, 0) is 12.6 Å². The molecule has 3 aromatic rings. The highest BCUT2D eigenvalue weighted by Gasteiger charge is 2.32. The first kappa shape index (κ1) is 22.9. The first-order valence-corrected chi connectivity index (χ1v) is 11.7. The van der Waals surface area contributed by atoms with Gasteiger partial charge in [-0.3, -0.25) is 4.90 Å². The van der Waals surface area contributed by atoms with Gasteiger partial charge in [-0.2, -0.15) is 13.2 Å². The summed E-state index contributed by atoms with van der Waals surface area (Å²) in [6.07, 6.45) is 0.173. The molecule has 0 radical (unpaired) electrons. The van der Waals surface area contributed by atoms with Gasteiger partial charge in [0.25, 0.3) is 0 Å². The number of fused-ring (bicyclic) bond motifs is 1. The number of piperazine rings is 1. The number of hydrogen-bond donors (Lipinski definition) is 2. The van der Waals surface area contributed by atoms with Crippen molar-refractivity contribution in [2.24, 2.45) is 0 Å². The van der Waals surface area contributed by atoms with Crippen molar-refractivity contribution in [2.75, 3.05) is 48.7 Å². The molecule has 5 rings (SSSR count). The second-order valence-corrected chi connectivity index (χ2v) is 9.13. The van der Waals surface area contributed by atoms with Gasteiger partial charge in [0.1, 0.15) is 11.6 Å². The number of nitrogens with one attached hydrogen (secondary N) is 1. The molecule has 34 heavy (non-hydrogen) atoms. The van der Waals surface area contributed by atoms with Gasteiger partial charge in [0, 0.05) is 49.8 Å². The highest BCUT2D eigenvalue weighted by atomic mass is 35.5. The molecule has 1 saturated carbocycles. The zero-order valence-electron chi connectivity index (χ0n) is 18.4. The number of hydrogen-bond acceptors (Lipinski definition) is 7. The topological polar surface area (TPSA) is 83.2 Å². The lowest BCUT2D eigenvalue weighted by atomic mass is 10.1. The molecule has 0 amide bonds. The monoisotopic (exact) mass is 491 g/mol. The van der Waals surface area contributed by atoms with Gasteiger partial charge >= 0.3 is 6.18 Å². The maximum Gasteiger partial charge on any atom is 0.416 e. The molecule has 3 heterocycles. The van der Waals surface area contributed by atoms with E-state index in [1.165, 1.54) is 12.8 Å². The Morgan fingerprint density at radius 2 is 1.82 bits per heavy atom. The fourth-order valence-corrected chi connectivity index (χ4v) is 4.58. The van der Waals surface area contributed by atoms with Gasteiger partial charge in [-0.15, -0.1) is 0 Å². The van der Waals surface area contributed by atoms with Crippen LogP contribution in [-0.4, -0.2) is 58.6 Å². The lowest BCUT2D eigenvalue weighted by molar-refractivity contribution is -0.137. The van der Waals surface area contributed by atoms with E-state index in [9.17, 15) is 13.2 Å². The van der Waals surface area contributed by atoms with Crippen molar-refractivity contribution in [3.63, 3.8) is 0 Å². The first-order valence-electron chi connectivity index (χ1n) is 11.3. The van der Waals surface area contributed by atoms with Crippen LogP contribution in [0.15, 0.2) is 30.5 Å². The van der Waals surface area contributed by atoms with Crippen LogP contribution in [0.2, 0.25) is 5.28 Å². The number of nitrogen functional groups attached to an aromatic ring is 1. The molecule has 0 spiro atoms. The molecule has 180 valence electrons. The average Bonchev–Trinajstić information content (AvgIpc) is 3.63. The van der Waals surface area contributed by atoms with Gasteiger partial charge in [-0.25, -0.2) is 15.0 Å². The Hall–Kier alpha value is -2.85. The van der Waals surface area contributed by atoms with Crippen molar-refractivity contribution in [2.45, 2.75) is 31.5 Å². The minimum absolute atomic E-state index is 0.0749. The van der Waals surface area contributed by atoms with Gasteiger partial charge in [0.15, 0.2) is 0 Å². The molecule has 2 fully saturated rings. The predicted octanol–water partition coefficient (Wildman–Crippen LogP) is 4.22. The second kappa shape index (κ2) is 9.07. The van der Waals surface area contributed by atoms with E-state index in [4.69, 9.17) is 17.3 Å². The Morgan fingerprint density at radius 1 is 1.06 bits per heavy atom. The van der Waals surface area contributed by atoms with Crippen molar-refractivity contribution >= 4 is 39.8 Å². The van der Waals surface area contributed by atoms with Crippen LogP contribution in [0.4, 0.5) is 30.5 Å². The standard InChI is InChI=1S/C23H25ClF3N7/c24-22-31-19-13-30-20(34-7-5-33(6-8-34)17-1-2-17)12-18(19)21(32-22)29-4-3-14-9-15(23(25,26)27)11-16(28)10-14/h9-13,17H,1-8,28H2,(H,29,31,32). The molecule has 1 aliphatic heterocycles. The summed E-state index contributed by atoms with van der Waals surface area (Å²) in [7, 11) is 0. The van der Waals surface area contributed by atoms with Gasteiger partial charge in [-0.05, 0) is 60.7 Å². The quantitative estimate of drug-likeness (QED) is 0.394. The summed E-state index contributed by atoms with van der Waals surface area (Å²) in [6.45, 7) is 4.20. The Bertz CT molecular complexity index is 1190. The largest absolute Gasteiger partial charge is 0.416 e. The average molecular weight is 492 g/mol. The summed E-state index contributed by atoms with van der Waals surface area (Å²) < 4.78 is 39.3. The summed E-state index contributed by atoms with van der Waals surface area (Å²) in [6, 6.07) is 6.30. The number of aromatic nitrogens is 3. The van der Waals surface area contributed by atoms with Gasteiger partial charge in [0.2, 0.25) is 5.28 Å². The zero-order chi connectivity index (χ0) is 23.9. The molecule has 7 nitrogen and oxygen atoms in total. The Labute approximate surface area is 200 Å². The summed E-state index contributed by atoms with van der Waals surface area (Å²) in [5, 5.41) is 4.04. The Kier molecular flexibility index (Phi) is 6.11. The number of alkyl halides is 3. The van der Waals surface area contributed by atoms with E-state index in [1.54, 1.807) is 12.3 Å². The smallest absolute Gasteiger partial charge is 0.399 e. The Balaban J connectivity index is 1.32. The number of benzene rings is 1. The summed E-state index contributed by atoms with van der Waals surface area (Å²) >= 11 is 6.10. The van der Waals surface area contributed by atoms with Gasteiger partial charge < -0.3 is 16.0 Å². The van der Waals surface area contributed by atoms with Crippen LogP contribution in [0.1, 0.15) is 24.0 Å². The van der Waals surface area contributed by atoms with Crippen molar-refractivity contribution in [1.82, 2.24) is 19.9 Å². The summed E-state index contributed by atoms with van der Waals surface area (Å²) in [5.41, 5.74) is 6.09. The molecule has 1 saturated heterocycles. The van der Waals surface area contributed by atoms with Gasteiger partial charge in [0.05, 0.1) is 17.3 Å². The third kappa shape index (κ3) is 5.12. The van der Waals surface area contributed by atoms with E-state index < -0.39 is 11.7 Å². The minimum Gasteiger partial charge on any atom is -0.399 e. The Morgan fingerprint density at radius 3 is 2.53 bits per heavy atom. The van der Waals surface area contributed by atoms with Crippen LogP contribution in [0.3, 0.4) is 0 Å². The van der Waals surface area contributed by atoms with Crippen LogP contribution >= 0.6 is 11.6 Å². The number of rotatable bonds is 6. The third-order valence-electron chi connectivity index (χ3n) is 6.29. The molecule has 0 bridgehead atoms. The van der Waals surface area contributed by atoms with E-state index in [0.717, 1.165) is 55.6 Å². The maximum atomic E-state index is 13.1. The van der Waals surface area contributed by atoms with E-state index >= 15 is 0 Å². The molecular weight excluding hydrogens is 467 g/mol. The lowest BCUT2D eigenvalue weighted by Gasteiger charge is -2.35. The number of pyridine rings is 1. The molecular formula is C23H25ClF3N7. The van der Waals surface area contributed by atoms with Crippen LogP contribution in [0, 0.1) is 0 Å². The molecule has 2 aromatic heterocycles. The number of anilines is 3. The first-order chi connectivity index (χ1) is 16.3. The van der Waals surface area contributed by atoms with Crippen molar-refractivity contribution in [3.8, 4) is 0 Å². The minimum atomic E-state index is -4.44. The molecule has 1 aromatic carbocycles. The number of halogens is 4. The molecule has 3 N–H and O–H groups in total. The lowest BCUT2D eigenvalue weighted by Crippen LogP contribution is -2.47. The van der Waals surface area contributed by atoms with E-state index in [2.05, 4.69) is 30.1 Å². The van der Waals surface area contributed by atoms with E-state index in [1.807, 2.05) is 6.07 Å². The normalized spacial score (nSPS) is 17.4. The highest BCUT2D eigenvalue weighted by molar-refractivity contribution is 6.28. The second-order valence-electron chi connectivity index (χ2n) is 8.79. The van der Waals surface area contributed by atoms with Crippen LogP contribution in [0.5, 0.6) is 0 Å². The fourth-order valence-electron chi connectivity index (χ4n) is 4.41. The molecule has 1 aliphatic carbocycles. The SMILES string of the molecule is Nc1cc(CCNc2nc(Cl)nc3cnc(N4CCN(C5CC5)CC4)cc23)cc(C(F)(F)F)c1. The highest BCUT2D eigenvalue weighted by Crippen LogP contribution is 2.32. The summed E-state index contributed by atoms with van der Waals surface area (Å²) in [5.74, 6) is 1.37. The van der Waals surface area contributed by atoms with E-state index in [-0.39, 0.29) is 11.0 Å².